The van der Waals surface area contributed by atoms with Gasteiger partial charge in [0.15, 0.2) is 5.69 Å². The molecule has 1 unspecified atom stereocenters. The van der Waals surface area contributed by atoms with E-state index >= 15 is 0 Å². The van der Waals surface area contributed by atoms with Gasteiger partial charge in [-0.05, 0) is 43.9 Å². The number of aromatic carboxylic acids is 1. The molecule has 0 aromatic carbocycles. The van der Waals surface area contributed by atoms with Crippen LogP contribution in [-0.2, 0) is 6.42 Å². The molecule has 0 saturated carbocycles. The van der Waals surface area contributed by atoms with E-state index in [0.29, 0.717) is 31.0 Å². The number of aromatic nitrogens is 5. The van der Waals surface area contributed by atoms with Gasteiger partial charge in [-0.1, -0.05) is 0 Å². The fourth-order valence-corrected chi connectivity index (χ4v) is 3.67. The van der Waals surface area contributed by atoms with E-state index in [-0.39, 0.29) is 29.7 Å². The van der Waals surface area contributed by atoms with Gasteiger partial charge in [-0.2, -0.15) is 5.10 Å². The Morgan fingerprint density at radius 3 is 2.97 bits per heavy atom. The van der Waals surface area contributed by atoms with Crippen LogP contribution >= 0.6 is 12.4 Å². The topological polar surface area (TPSA) is 134 Å². The van der Waals surface area contributed by atoms with Crippen LogP contribution in [0.3, 0.4) is 0 Å². The van der Waals surface area contributed by atoms with E-state index < -0.39 is 11.8 Å². The lowest BCUT2D eigenvalue weighted by atomic mass is 10.00. The van der Waals surface area contributed by atoms with Crippen molar-refractivity contribution in [2.24, 2.45) is 5.73 Å². The van der Waals surface area contributed by atoms with Crippen LogP contribution in [0.15, 0.2) is 18.5 Å². The number of rotatable bonds is 6. The standard InChI is InChI=1S/C18H20FN7O2.ClH/c19-10-7-11(12(21-8-10)3-1-5-20)14-4-2-6-26(14)18-22-9-13-15(23-18)16(17(27)28)25-24-13;/h7-9,14H,1-6,20H2,(H,24,25)(H,27,28);1H. The lowest BCUT2D eigenvalue weighted by molar-refractivity contribution is 0.0692. The molecule has 4 N–H and O–H groups in total. The van der Waals surface area contributed by atoms with Crippen molar-refractivity contribution in [2.75, 3.05) is 18.0 Å². The average molecular weight is 422 g/mol. The summed E-state index contributed by atoms with van der Waals surface area (Å²) in [6, 6.07) is 1.38. The zero-order chi connectivity index (χ0) is 19.7. The molecule has 1 aliphatic rings. The van der Waals surface area contributed by atoms with Crippen LogP contribution in [0.4, 0.5) is 10.3 Å². The minimum atomic E-state index is -1.16. The van der Waals surface area contributed by atoms with Crippen molar-refractivity contribution < 1.29 is 14.3 Å². The summed E-state index contributed by atoms with van der Waals surface area (Å²) in [6.45, 7) is 1.22. The Hall–Kier alpha value is -2.85. The number of hydrogen-bond acceptors (Lipinski definition) is 7. The predicted molar refractivity (Wildman–Crippen MR) is 107 cm³/mol. The summed E-state index contributed by atoms with van der Waals surface area (Å²) < 4.78 is 13.9. The summed E-state index contributed by atoms with van der Waals surface area (Å²) in [5, 5.41) is 15.7. The number of fused-ring (bicyclic) bond motifs is 1. The van der Waals surface area contributed by atoms with Gasteiger partial charge >= 0.3 is 5.97 Å². The number of carboxylic acids is 1. The van der Waals surface area contributed by atoms with Gasteiger partial charge in [0, 0.05) is 12.2 Å². The number of nitrogens with zero attached hydrogens (tertiary/aromatic N) is 5. The van der Waals surface area contributed by atoms with Crippen molar-refractivity contribution in [3.8, 4) is 0 Å². The third-order valence-corrected chi connectivity index (χ3v) is 4.95. The highest BCUT2D eigenvalue weighted by molar-refractivity contribution is 5.98. The minimum absolute atomic E-state index is 0. The maximum atomic E-state index is 13.9. The Morgan fingerprint density at radius 1 is 1.38 bits per heavy atom. The zero-order valence-corrected chi connectivity index (χ0v) is 16.3. The maximum absolute atomic E-state index is 13.9. The Kier molecular flexibility index (Phi) is 6.23. The molecule has 0 bridgehead atoms. The average Bonchev–Trinajstić information content (AvgIpc) is 3.33. The number of nitrogens with one attached hydrogen (secondary N) is 1. The number of pyridine rings is 1. The third-order valence-electron chi connectivity index (χ3n) is 4.95. The molecule has 1 saturated heterocycles. The van der Waals surface area contributed by atoms with Crippen LogP contribution in [0.1, 0.15) is 47.1 Å². The molecule has 154 valence electrons. The number of halogens is 2. The summed E-state index contributed by atoms with van der Waals surface area (Å²) >= 11 is 0. The number of aryl methyl sites for hydroxylation is 1. The lowest BCUT2D eigenvalue weighted by Gasteiger charge is -2.26. The van der Waals surface area contributed by atoms with Crippen LogP contribution in [0.2, 0.25) is 0 Å². The normalized spacial score (nSPS) is 16.2. The molecular formula is C18H21ClFN7O2. The fraction of sp³-hybridized carbons (Fsp3) is 0.389. The minimum Gasteiger partial charge on any atom is -0.476 e. The molecule has 3 aromatic rings. The first kappa shape index (κ1) is 20.9. The number of aromatic amines is 1. The summed E-state index contributed by atoms with van der Waals surface area (Å²) in [5.74, 6) is -1.15. The Labute approximate surface area is 172 Å². The smallest absolute Gasteiger partial charge is 0.358 e. The van der Waals surface area contributed by atoms with Crippen molar-refractivity contribution in [1.29, 1.82) is 0 Å². The number of carbonyl (C=O) groups is 1. The van der Waals surface area contributed by atoms with Crippen LogP contribution in [0.25, 0.3) is 11.0 Å². The highest BCUT2D eigenvalue weighted by atomic mass is 35.5. The number of H-pyrrole nitrogens is 1. The largest absolute Gasteiger partial charge is 0.476 e. The Bertz CT molecular complexity index is 1030. The molecule has 0 spiro atoms. The molecule has 0 amide bonds. The number of anilines is 1. The van der Waals surface area contributed by atoms with Crippen LogP contribution in [0, 0.1) is 5.82 Å². The van der Waals surface area contributed by atoms with E-state index in [9.17, 15) is 14.3 Å². The van der Waals surface area contributed by atoms with E-state index in [0.717, 1.165) is 30.5 Å². The van der Waals surface area contributed by atoms with Gasteiger partial charge in [0.2, 0.25) is 5.95 Å². The first-order valence-electron chi connectivity index (χ1n) is 9.14. The molecule has 4 heterocycles. The van der Waals surface area contributed by atoms with E-state index in [4.69, 9.17) is 5.73 Å². The monoisotopic (exact) mass is 421 g/mol. The van der Waals surface area contributed by atoms with Crippen molar-refractivity contribution in [1.82, 2.24) is 25.1 Å². The molecule has 11 heteroatoms. The van der Waals surface area contributed by atoms with Crippen molar-refractivity contribution >= 4 is 35.4 Å². The van der Waals surface area contributed by atoms with Crippen molar-refractivity contribution in [3.63, 3.8) is 0 Å². The highest BCUT2D eigenvalue weighted by Crippen LogP contribution is 2.36. The van der Waals surface area contributed by atoms with Crippen molar-refractivity contribution in [3.05, 3.63) is 41.2 Å². The first-order valence-corrected chi connectivity index (χ1v) is 9.14. The number of nitrogens with two attached hydrogens (primary N) is 1. The molecule has 3 aromatic heterocycles. The van der Waals surface area contributed by atoms with E-state index in [2.05, 4.69) is 25.1 Å². The van der Waals surface area contributed by atoms with Gasteiger partial charge in [0.05, 0.1) is 18.4 Å². The highest BCUT2D eigenvalue weighted by Gasteiger charge is 2.31. The van der Waals surface area contributed by atoms with Gasteiger partial charge in [0.1, 0.15) is 16.9 Å². The maximum Gasteiger partial charge on any atom is 0.358 e. The molecule has 29 heavy (non-hydrogen) atoms. The first-order chi connectivity index (χ1) is 13.6. The van der Waals surface area contributed by atoms with Crippen molar-refractivity contribution in [2.45, 2.75) is 31.7 Å². The molecule has 1 aliphatic heterocycles. The van der Waals surface area contributed by atoms with E-state index in [1.54, 1.807) is 0 Å². The summed E-state index contributed by atoms with van der Waals surface area (Å²) in [5.41, 5.74) is 7.80. The quantitative estimate of drug-likeness (QED) is 0.551. The van der Waals surface area contributed by atoms with Gasteiger partial charge in [-0.25, -0.2) is 19.2 Å². The fourth-order valence-electron chi connectivity index (χ4n) is 3.67. The second-order valence-corrected chi connectivity index (χ2v) is 6.74. The van der Waals surface area contributed by atoms with Crippen LogP contribution in [-0.4, -0.2) is 49.3 Å². The molecule has 1 fully saturated rings. The molecular weight excluding hydrogens is 401 g/mol. The second kappa shape index (κ2) is 8.66. The van der Waals surface area contributed by atoms with E-state index in [1.165, 1.54) is 18.5 Å². The molecule has 1 atom stereocenters. The van der Waals surface area contributed by atoms with Gasteiger partial charge in [-0.15, -0.1) is 12.4 Å². The third kappa shape index (κ3) is 3.99. The lowest BCUT2D eigenvalue weighted by Crippen LogP contribution is -2.26. The molecule has 9 nitrogen and oxygen atoms in total. The SMILES string of the molecule is Cl.NCCCc1ncc(F)cc1C1CCCN1c1ncc2[nH]nc(C(=O)O)c2n1. The molecule has 0 aliphatic carbocycles. The summed E-state index contributed by atoms with van der Waals surface area (Å²) in [4.78, 5) is 26.4. The summed E-state index contributed by atoms with van der Waals surface area (Å²) in [7, 11) is 0. The Morgan fingerprint density at radius 2 is 2.21 bits per heavy atom. The Balaban J connectivity index is 0.00000240. The van der Waals surface area contributed by atoms with Gasteiger partial charge < -0.3 is 15.7 Å². The number of hydrogen-bond donors (Lipinski definition) is 3. The number of carboxylic acid groups (broad SMARTS) is 1. The van der Waals surface area contributed by atoms with Gasteiger partial charge in [0.25, 0.3) is 0 Å². The van der Waals surface area contributed by atoms with E-state index in [1.807, 2.05) is 4.90 Å². The van der Waals surface area contributed by atoms with Gasteiger partial charge in [-0.3, -0.25) is 10.1 Å². The predicted octanol–water partition coefficient (Wildman–Crippen LogP) is 2.24. The second-order valence-electron chi connectivity index (χ2n) is 6.74. The van der Waals surface area contributed by atoms with Crippen LogP contribution in [0.5, 0.6) is 0 Å². The summed E-state index contributed by atoms with van der Waals surface area (Å²) in [6.07, 6.45) is 5.86. The molecule has 0 radical (unpaired) electrons. The molecule has 4 rings (SSSR count). The van der Waals surface area contributed by atoms with Crippen LogP contribution < -0.4 is 10.6 Å². The zero-order valence-electron chi connectivity index (χ0n) is 15.5.